The van der Waals surface area contributed by atoms with Crippen LogP contribution in [-0.4, -0.2) is 18.7 Å². The second-order valence-corrected chi connectivity index (χ2v) is 8.01. The molecule has 162 valence electrons. The van der Waals surface area contributed by atoms with Gasteiger partial charge in [0.15, 0.2) is 5.75 Å². The number of fused-ring (bicyclic) bond motifs is 1. The molecule has 0 saturated heterocycles. The predicted molar refractivity (Wildman–Crippen MR) is 133 cm³/mol. The molecule has 1 aliphatic heterocycles. The van der Waals surface area contributed by atoms with Crippen LogP contribution in [0.15, 0.2) is 108 Å². The van der Waals surface area contributed by atoms with Crippen molar-refractivity contribution in [2.24, 2.45) is 4.99 Å². The molecule has 4 aromatic rings. The molecule has 0 fully saturated rings. The van der Waals surface area contributed by atoms with Gasteiger partial charge < -0.3 is 9.64 Å². The van der Waals surface area contributed by atoms with E-state index >= 15 is 0 Å². The largest absolute Gasteiger partial charge is 0.455 e. The second kappa shape index (κ2) is 9.13. The fourth-order valence-corrected chi connectivity index (χ4v) is 4.13. The van der Waals surface area contributed by atoms with Gasteiger partial charge in [-0.05, 0) is 30.2 Å². The van der Waals surface area contributed by atoms with Crippen LogP contribution >= 0.6 is 0 Å². The summed E-state index contributed by atoms with van der Waals surface area (Å²) in [5, 5.41) is 0. The van der Waals surface area contributed by atoms with Crippen molar-refractivity contribution in [2.45, 2.75) is 12.8 Å². The average molecular weight is 433 g/mol. The summed E-state index contributed by atoms with van der Waals surface area (Å²) in [6, 6.07) is 34.0. The number of anilines is 1. The minimum Gasteiger partial charge on any atom is -0.455 e. The summed E-state index contributed by atoms with van der Waals surface area (Å²) in [6.07, 6.45) is 1.14. The lowest BCUT2D eigenvalue weighted by Gasteiger charge is -2.28. The van der Waals surface area contributed by atoms with Crippen molar-refractivity contribution in [3.8, 4) is 11.5 Å². The van der Waals surface area contributed by atoms with Gasteiger partial charge in [-0.3, -0.25) is 4.79 Å². The van der Waals surface area contributed by atoms with E-state index in [4.69, 9.17) is 9.73 Å². The first kappa shape index (κ1) is 20.7. The Morgan fingerprint density at radius 2 is 1.36 bits per heavy atom. The van der Waals surface area contributed by atoms with E-state index < -0.39 is 0 Å². The molecule has 0 unspecified atom stereocenters. The van der Waals surface area contributed by atoms with E-state index in [1.165, 1.54) is 0 Å². The van der Waals surface area contributed by atoms with Crippen molar-refractivity contribution in [2.75, 3.05) is 11.9 Å². The Hall–Kier alpha value is -4.18. The molecule has 0 saturated carbocycles. The van der Waals surface area contributed by atoms with E-state index in [9.17, 15) is 4.79 Å². The molecule has 0 bridgehead atoms. The first-order valence-electron chi connectivity index (χ1n) is 11.0. The summed E-state index contributed by atoms with van der Waals surface area (Å²) in [5.41, 5.74) is 5.64. The van der Waals surface area contributed by atoms with Crippen LogP contribution in [0, 0.1) is 0 Å². The summed E-state index contributed by atoms with van der Waals surface area (Å²) < 4.78 is 6.27. The van der Waals surface area contributed by atoms with Crippen LogP contribution in [0.25, 0.3) is 0 Å². The molecule has 0 radical (unpaired) electrons. The number of carbonyl (C=O) groups excluding carboxylic acids is 1. The lowest BCUT2D eigenvalue weighted by molar-refractivity contribution is -0.118. The fraction of sp³-hybridized carbons (Fsp3) is 0.103. The quantitative estimate of drug-likeness (QED) is 0.335. The van der Waals surface area contributed by atoms with Crippen LogP contribution in [0.1, 0.15) is 23.1 Å². The Bertz CT molecular complexity index is 1260. The third kappa shape index (κ3) is 4.41. The fourth-order valence-electron chi connectivity index (χ4n) is 4.13. The third-order valence-corrected chi connectivity index (χ3v) is 5.76. The molecule has 1 amide bonds. The van der Waals surface area contributed by atoms with E-state index in [0.717, 1.165) is 39.5 Å². The molecular weight excluding hydrogens is 408 g/mol. The lowest BCUT2D eigenvalue weighted by atomic mass is 9.99. The summed E-state index contributed by atoms with van der Waals surface area (Å²) in [6.45, 7) is 0. The molecule has 0 spiro atoms. The number of ether oxygens (including phenoxy) is 1. The number of aliphatic imine (C=N–C) groups is 1. The van der Waals surface area contributed by atoms with Gasteiger partial charge in [0.25, 0.3) is 0 Å². The zero-order valence-corrected chi connectivity index (χ0v) is 18.4. The number of aryl methyl sites for hydroxylation is 1. The Labute approximate surface area is 193 Å². The topological polar surface area (TPSA) is 41.9 Å². The minimum atomic E-state index is 0.0888. The standard InChI is InChI=1S/C29H24N2O2/c1-31-27(32)18-17-23-19-24(20-26(29(23)31)33-25-15-9-4-10-16-25)30-28(21-11-5-2-6-12-21)22-13-7-3-8-14-22/h2-16,19-20H,17-18H2,1H3. The maximum atomic E-state index is 12.4. The first-order chi connectivity index (χ1) is 16.2. The normalized spacial score (nSPS) is 12.8. The van der Waals surface area contributed by atoms with E-state index in [2.05, 4.69) is 30.3 Å². The Morgan fingerprint density at radius 3 is 1.97 bits per heavy atom. The van der Waals surface area contributed by atoms with E-state index in [1.807, 2.05) is 72.8 Å². The second-order valence-electron chi connectivity index (χ2n) is 8.01. The average Bonchev–Trinajstić information content (AvgIpc) is 2.86. The van der Waals surface area contributed by atoms with Crippen LogP contribution in [0.2, 0.25) is 0 Å². The maximum Gasteiger partial charge on any atom is 0.227 e. The minimum absolute atomic E-state index is 0.0888. The van der Waals surface area contributed by atoms with Gasteiger partial charge in [-0.2, -0.15) is 0 Å². The van der Waals surface area contributed by atoms with Gasteiger partial charge in [0, 0.05) is 30.7 Å². The number of hydrogen-bond donors (Lipinski definition) is 0. The number of hydrogen-bond acceptors (Lipinski definition) is 3. The van der Waals surface area contributed by atoms with Gasteiger partial charge >= 0.3 is 0 Å². The van der Waals surface area contributed by atoms with Gasteiger partial charge in [-0.25, -0.2) is 4.99 Å². The van der Waals surface area contributed by atoms with Gasteiger partial charge in [-0.15, -0.1) is 0 Å². The molecule has 4 heteroatoms. The number of amides is 1. The van der Waals surface area contributed by atoms with Crippen LogP contribution in [-0.2, 0) is 11.2 Å². The molecule has 0 N–H and O–H groups in total. The summed E-state index contributed by atoms with van der Waals surface area (Å²) in [5.74, 6) is 1.44. The van der Waals surface area contributed by atoms with Gasteiger partial charge in [0.1, 0.15) is 5.75 Å². The predicted octanol–water partition coefficient (Wildman–Crippen LogP) is 6.56. The molecule has 1 heterocycles. The molecule has 0 aromatic heterocycles. The molecular formula is C29H24N2O2. The van der Waals surface area contributed by atoms with Crippen molar-refractivity contribution >= 4 is 23.0 Å². The van der Waals surface area contributed by atoms with Gasteiger partial charge in [0.2, 0.25) is 5.91 Å². The number of carbonyl (C=O) groups is 1. The van der Waals surface area contributed by atoms with Crippen LogP contribution in [0.5, 0.6) is 11.5 Å². The Balaban J connectivity index is 1.66. The van der Waals surface area contributed by atoms with E-state index in [-0.39, 0.29) is 5.91 Å². The van der Waals surface area contributed by atoms with E-state index in [1.54, 1.807) is 11.9 Å². The first-order valence-corrected chi connectivity index (χ1v) is 11.0. The molecule has 4 nitrogen and oxygen atoms in total. The van der Waals surface area contributed by atoms with Crippen molar-refractivity contribution < 1.29 is 9.53 Å². The van der Waals surface area contributed by atoms with Gasteiger partial charge in [-0.1, -0.05) is 78.9 Å². The number of rotatable bonds is 5. The third-order valence-electron chi connectivity index (χ3n) is 5.76. The van der Waals surface area contributed by atoms with Crippen LogP contribution < -0.4 is 9.64 Å². The summed E-state index contributed by atoms with van der Waals surface area (Å²) >= 11 is 0. The molecule has 0 aliphatic carbocycles. The summed E-state index contributed by atoms with van der Waals surface area (Å²) in [7, 11) is 1.81. The lowest BCUT2D eigenvalue weighted by Crippen LogP contribution is -2.31. The van der Waals surface area contributed by atoms with Crippen molar-refractivity contribution in [3.05, 3.63) is 120 Å². The molecule has 5 rings (SSSR count). The van der Waals surface area contributed by atoms with Crippen LogP contribution in [0.4, 0.5) is 11.4 Å². The zero-order valence-electron chi connectivity index (χ0n) is 18.4. The highest BCUT2D eigenvalue weighted by molar-refractivity contribution is 6.14. The Morgan fingerprint density at radius 1 is 0.788 bits per heavy atom. The highest BCUT2D eigenvalue weighted by Crippen LogP contribution is 2.42. The Kier molecular flexibility index (Phi) is 5.73. The number of benzene rings is 4. The van der Waals surface area contributed by atoms with Crippen LogP contribution in [0.3, 0.4) is 0 Å². The molecule has 33 heavy (non-hydrogen) atoms. The number of para-hydroxylation sites is 1. The zero-order chi connectivity index (χ0) is 22.6. The smallest absolute Gasteiger partial charge is 0.227 e. The highest BCUT2D eigenvalue weighted by Gasteiger charge is 2.26. The molecule has 1 aliphatic rings. The van der Waals surface area contributed by atoms with Gasteiger partial charge in [0.05, 0.1) is 17.1 Å². The van der Waals surface area contributed by atoms with Crippen molar-refractivity contribution in [3.63, 3.8) is 0 Å². The number of nitrogens with zero attached hydrogens (tertiary/aromatic N) is 2. The van der Waals surface area contributed by atoms with Crippen molar-refractivity contribution in [1.82, 2.24) is 0 Å². The molecule has 4 aromatic carbocycles. The van der Waals surface area contributed by atoms with E-state index in [0.29, 0.717) is 18.6 Å². The monoisotopic (exact) mass is 432 g/mol. The maximum absolute atomic E-state index is 12.4. The SMILES string of the molecule is CN1C(=O)CCc2cc(N=C(c3ccccc3)c3ccccc3)cc(Oc3ccccc3)c21. The van der Waals surface area contributed by atoms with Crippen molar-refractivity contribution in [1.29, 1.82) is 0 Å². The molecule has 0 atom stereocenters. The highest BCUT2D eigenvalue weighted by atomic mass is 16.5. The summed E-state index contributed by atoms with van der Waals surface area (Å²) in [4.78, 5) is 19.2.